The van der Waals surface area contributed by atoms with Gasteiger partial charge < -0.3 is 4.74 Å². The molecule has 1 fully saturated rings. The standard InChI is InChI=1S/C17H25NO2/c1-5-6-7-8-13-11-14-9-10-15(12-13)18(14)16(19)20-17(2,3)4/h11,14-15H,5,8-10,12H2,1-4H3. The van der Waals surface area contributed by atoms with E-state index in [1.807, 2.05) is 25.7 Å². The molecule has 0 aliphatic carbocycles. The molecule has 1 saturated heterocycles. The van der Waals surface area contributed by atoms with Crippen molar-refractivity contribution >= 4 is 6.09 Å². The summed E-state index contributed by atoms with van der Waals surface area (Å²) < 4.78 is 5.52. The molecule has 2 aliphatic heterocycles. The quantitative estimate of drug-likeness (QED) is 0.537. The van der Waals surface area contributed by atoms with Crippen LogP contribution in [0.4, 0.5) is 4.79 Å². The van der Waals surface area contributed by atoms with Crippen LogP contribution in [0.5, 0.6) is 0 Å². The highest BCUT2D eigenvalue weighted by atomic mass is 16.6. The van der Waals surface area contributed by atoms with E-state index in [-0.39, 0.29) is 12.1 Å². The maximum absolute atomic E-state index is 12.3. The van der Waals surface area contributed by atoms with Crippen molar-refractivity contribution in [1.29, 1.82) is 0 Å². The second-order valence-electron chi connectivity index (χ2n) is 6.60. The Hall–Kier alpha value is -1.43. The van der Waals surface area contributed by atoms with Crippen molar-refractivity contribution in [3.05, 3.63) is 11.6 Å². The predicted molar refractivity (Wildman–Crippen MR) is 80.3 cm³/mol. The van der Waals surface area contributed by atoms with Crippen molar-refractivity contribution < 1.29 is 9.53 Å². The van der Waals surface area contributed by atoms with Crippen molar-refractivity contribution in [2.45, 2.75) is 77.5 Å². The molecular weight excluding hydrogens is 250 g/mol. The monoisotopic (exact) mass is 275 g/mol. The summed E-state index contributed by atoms with van der Waals surface area (Å²) in [7, 11) is 0. The van der Waals surface area contributed by atoms with Gasteiger partial charge in [0.2, 0.25) is 0 Å². The Bertz CT molecular complexity index is 462. The van der Waals surface area contributed by atoms with Crippen LogP contribution in [-0.2, 0) is 4.74 Å². The van der Waals surface area contributed by atoms with E-state index in [0.717, 1.165) is 32.1 Å². The smallest absolute Gasteiger partial charge is 0.411 e. The molecule has 2 bridgehead atoms. The largest absolute Gasteiger partial charge is 0.444 e. The van der Waals surface area contributed by atoms with Crippen LogP contribution < -0.4 is 0 Å². The molecule has 110 valence electrons. The van der Waals surface area contributed by atoms with E-state index in [1.54, 1.807) is 0 Å². The molecule has 3 nitrogen and oxygen atoms in total. The van der Waals surface area contributed by atoms with Gasteiger partial charge in [-0.2, -0.15) is 0 Å². The molecule has 2 heterocycles. The van der Waals surface area contributed by atoms with E-state index >= 15 is 0 Å². The van der Waals surface area contributed by atoms with E-state index in [0.29, 0.717) is 6.04 Å². The van der Waals surface area contributed by atoms with Crippen LogP contribution in [0.2, 0.25) is 0 Å². The summed E-state index contributed by atoms with van der Waals surface area (Å²) in [6.45, 7) is 7.81. The van der Waals surface area contributed by atoms with Gasteiger partial charge in [0.05, 0.1) is 6.04 Å². The second kappa shape index (κ2) is 5.91. The maximum Gasteiger partial charge on any atom is 0.411 e. The van der Waals surface area contributed by atoms with E-state index < -0.39 is 5.60 Å². The molecule has 0 aromatic rings. The van der Waals surface area contributed by atoms with Gasteiger partial charge in [0.25, 0.3) is 0 Å². The molecule has 20 heavy (non-hydrogen) atoms. The summed E-state index contributed by atoms with van der Waals surface area (Å²) >= 11 is 0. The number of amides is 1. The fourth-order valence-corrected chi connectivity index (χ4v) is 2.95. The predicted octanol–water partition coefficient (Wildman–Crippen LogP) is 3.89. The van der Waals surface area contributed by atoms with Gasteiger partial charge in [-0.25, -0.2) is 4.79 Å². The summed E-state index contributed by atoms with van der Waals surface area (Å²) in [5, 5.41) is 0. The van der Waals surface area contributed by atoms with Gasteiger partial charge in [0, 0.05) is 18.9 Å². The number of hydrogen-bond acceptors (Lipinski definition) is 2. The number of ether oxygens (including phenoxy) is 1. The van der Waals surface area contributed by atoms with Gasteiger partial charge >= 0.3 is 6.09 Å². The van der Waals surface area contributed by atoms with E-state index in [2.05, 4.69) is 24.8 Å². The molecule has 2 aliphatic rings. The average molecular weight is 275 g/mol. The first-order chi connectivity index (χ1) is 9.40. The Labute approximate surface area is 122 Å². The number of hydrogen-bond donors (Lipinski definition) is 0. The van der Waals surface area contributed by atoms with Gasteiger partial charge in [0.1, 0.15) is 5.60 Å². The number of carbonyl (C=O) groups is 1. The molecule has 0 aromatic carbocycles. The molecule has 0 N–H and O–H groups in total. The minimum Gasteiger partial charge on any atom is -0.444 e. The minimum atomic E-state index is -0.423. The number of fused-ring (bicyclic) bond motifs is 2. The molecule has 3 heteroatoms. The lowest BCUT2D eigenvalue weighted by atomic mass is 9.99. The van der Waals surface area contributed by atoms with Crippen LogP contribution in [-0.4, -0.2) is 28.7 Å². The first-order valence-corrected chi connectivity index (χ1v) is 7.57. The van der Waals surface area contributed by atoms with Gasteiger partial charge in [-0.3, -0.25) is 4.90 Å². The van der Waals surface area contributed by atoms with Crippen molar-refractivity contribution in [3.8, 4) is 11.8 Å². The fraction of sp³-hybridized carbons (Fsp3) is 0.706. The zero-order valence-corrected chi connectivity index (χ0v) is 13.0. The average Bonchev–Trinajstić information content (AvgIpc) is 2.60. The fourth-order valence-electron chi connectivity index (χ4n) is 2.95. The Kier molecular flexibility index (Phi) is 4.42. The highest BCUT2D eigenvalue weighted by molar-refractivity contribution is 5.70. The van der Waals surface area contributed by atoms with Crippen LogP contribution >= 0.6 is 0 Å². The van der Waals surface area contributed by atoms with Crippen LogP contribution in [0.15, 0.2) is 11.6 Å². The summed E-state index contributed by atoms with van der Waals surface area (Å²) in [6, 6.07) is 0.514. The van der Waals surface area contributed by atoms with E-state index in [9.17, 15) is 4.79 Å². The third-order valence-corrected chi connectivity index (χ3v) is 3.69. The van der Waals surface area contributed by atoms with E-state index in [4.69, 9.17) is 4.74 Å². The third kappa shape index (κ3) is 3.56. The normalized spacial score (nSPS) is 24.8. The second-order valence-corrected chi connectivity index (χ2v) is 6.60. The number of carbonyl (C=O) groups excluding carboxylic acids is 1. The highest BCUT2D eigenvalue weighted by Crippen LogP contribution is 2.36. The Morgan fingerprint density at radius 1 is 1.40 bits per heavy atom. The molecule has 2 unspecified atom stereocenters. The van der Waals surface area contributed by atoms with Crippen molar-refractivity contribution in [2.24, 2.45) is 0 Å². The Morgan fingerprint density at radius 2 is 2.15 bits per heavy atom. The molecule has 2 rings (SSSR count). The number of nitrogens with zero attached hydrogens (tertiary/aromatic N) is 1. The topological polar surface area (TPSA) is 29.5 Å². The number of rotatable bonds is 1. The van der Waals surface area contributed by atoms with Crippen molar-refractivity contribution in [1.82, 2.24) is 4.90 Å². The van der Waals surface area contributed by atoms with Gasteiger partial charge in [0.15, 0.2) is 0 Å². The molecule has 1 amide bonds. The maximum atomic E-state index is 12.3. The van der Waals surface area contributed by atoms with Crippen LogP contribution in [0.25, 0.3) is 0 Å². The lowest BCUT2D eigenvalue weighted by molar-refractivity contribution is 0.0167. The zero-order chi connectivity index (χ0) is 14.8. The van der Waals surface area contributed by atoms with Gasteiger partial charge in [-0.15, -0.1) is 5.92 Å². The van der Waals surface area contributed by atoms with Crippen LogP contribution in [0, 0.1) is 11.8 Å². The minimum absolute atomic E-state index is 0.167. The summed E-state index contributed by atoms with van der Waals surface area (Å²) in [4.78, 5) is 14.2. The Balaban J connectivity index is 2.03. The first kappa shape index (κ1) is 15.0. The molecule has 0 saturated carbocycles. The molecule has 0 spiro atoms. The summed E-state index contributed by atoms with van der Waals surface area (Å²) in [5.41, 5.74) is 0.964. The third-order valence-electron chi connectivity index (χ3n) is 3.69. The zero-order valence-electron chi connectivity index (χ0n) is 13.0. The molecule has 0 aromatic heterocycles. The van der Waals surface area contributed by atoms with Gasteiger partial charge in [-0.05, 0) is 40.0 Å². The van der Waals surface area contributed by atoms with Crippen molar-refractivity contribution in [2.75, 3.05) is 0 Å². The molecule has 2 atom stereocenters. The lowest BCUT2D eigenvalue weighted by Crippen LogP contribution is -2.45. The van der Waals surface area contributed by atoms with Crippen molar-refractivity contribution in [3.63, 3.8) is 0 Å². The first-order valence-electron chi connectivity index (χ1n) is 7.57. The SMILES string of the molecule is CCC#CCC1=CC2CCC(C1)N2C(=O)OC(C)(C)C. The summed E-state index contributed by atoms with van der Waals surface area (Å²) in [5.74, 6) is 6.32. The van der Waals surface area contributed by atoms with Gasteiger partial charge in [-0.1, -0.05) is 24.5 Å². The summed E-state index contributed by atoms with van der Waals surface area (Å²) in [6.07, 6.45) is 6.90. The van der Waals surface area contributed by atoms with Crippen LogP contribution in [0.1, 0.15) is 59.8 Å². The highest BCUT2D eigenvalue weighted by Gasteiger charge is 2.41. The lowest BCUT2D eigenvalue weighted by Gasteiger charge is -2.35. The van der Waals surface area contributed by atoms with E-state index in [1.165, 1.54) is 5.57 Å². The van der Waals surface area contributed by atoms with Crippen LogP contribution in [0.3, 0.4) is 0 Å². The molecule has 0 radical (unpaired) electrons. The molecular formula is C17H25NO2. The Morgan fingerprint density at radius 3 is 2.75 bits per heavy atom.